The highest BCUT2D eigenvalue weighted by molar-refractivity contribution is 5.75. The van der Waals surface area contributed by atoms with Crippen molar-refractivity contribution in [3.05, 3.63) is 71.8 Å². The van der Waals surface area contributed by atoms with Crippen LogP contribution in [0.15, 0.2) is 60.7 Å². The lowest BCUT2D eigenvalue weighted by atomic mass is 9.99. The highest BCUT2D eigenvalue weighted by Crippen LogP contribution is 2.20. The number of hydrogen-bond donors (Lipinski definition) is 1. The Bertz CT molecular complexity index is 700. The number of rotatable bonds is 8. The molecule has 150 valence electrons. The second kappa shape index (κ2) is 10.8. The number of nitrogens with one attached hydrogen (secondary N) is 1. The van der Waals surface area contributed by atoms with Crippen molar-refractivity contribution in [2.75, 3.05) is 33.4 Å². The molecule has 5 nitrogen and oxygen atoms in total. The number of carbonyl (C=O) groups excluding carboxylic acids is 1. The van der Waals surface area contributed by atoms with Gasteiger partial charge in [0.15, 0.2) is 0 Å². The van der Waals surface area contributed by atoms with Crippen LogP contribution in [0.25, 0.3) is 0 Å². The smallest absolute Gasteiger partial charge is 0.317 e. The molecule has 28 heavy (non-hydrogen) atoms. The zero-order valence-electron chi connectivity index (χ0n) is 16.5. The van der Waals surface area contributed by atoms with Gasteiger partial charge in [0.2, 0.25) is 0 Å². The summed E-state index contributed by atoms with van der Waals surface area (Å²) in [5, 5.41) is 3.24. The zero-order valence-corrected chi connectivity index (χ0v) is 16.5. The molecule has 1 aliphatic heterocycles. The minimum absolute atomic E-state index is 0.000116. The summed E-state index contributed by atoms with van der Waals surface area (Å²) in [6.45, 7) is 2.66. The van der Waals surface area contributed by atoms with Crippen LogP contribution in [-0.4, -0.2) is 50.4 Å². The fourth-order valence-electron chi connectivity index (χ4n) is 3.55. The fourth-order valence-corrected chi connectivity index (χ4v) is 3.55. The van der Waals surface area contributed by atoms with Crippen molar-refractivity contribution in [2.45, 2.75) is 31.4 Å². The van der Waals surface area contributed by atoms with Crippen LogP contribution in [-0.2, 0) is 15.9 Å². The molecular weight excluding hydrogens is 352 g/mol. The Morgan fingerprint density at radius 1 is 1.04 bits per heavy atom. The molecule has 0 radical (unpaired) electrons. The van der Waals surface area contributed by atoms with Crippen LogP contribution >= 0.6 is 0 Å². The van der Waals surface area contributed by atoms with Gasteiger partial charge in [-0.2, -0.15) is 0 Å². The monoisotopic (exact) mass is 382 g/mol. The first-order chi connectivity index (χ1) is 13.8. The molecule has 0 aliphatic carbocycles. The molecule has 2 aromatic carbocycles. The number of piperidine rings is 1. The van der Waals surface area contributed by atoms with E-state index in [1.165, 1.54) is 5.56 Å². The van der Waals surface area contributed by atoms with Crippen LogP contribution in [0, 0.1) is 0 Å². The largest absolute Gasteiger partial charge is 0.382 e. The van der Waals surface area contributed by atoms with E-state index in [0.717, 1.165) is 37.9 Å². The molecule has 1 saturated heterocycles. The quantitative estimate of drug-likeness (QED) is 0.707. The van der Waals surface area contributed by atoms with Crippen LogP contribution < -0.4 is 5.32 Å². The Hall–Kier alpha value is -2.37. The molecular formula is C23H30N2O3. The third-order valence-corrected chi connectivity index (χ3v) is 5.15. The second-order valence-electron chi connectivity index (χ2n) is 7.15. The van der Waals surface area contributed by atoms with E-state index in [-0.39, 0.29) is 18.2 Å². The van der Waals surface area contributed by atoms with Gasteiger partial charge in [-0.15, -0.1) is 0 Å². The standard InChI is InChI=1S/C23H30N2O3/c1-27-16-17-28-21-12-14-25(15-13-21)23(26)24-22(20-10-6-3-7-11-20)18-19-8-4-2-5-9-19/h2-11,21-22H,12-18H2,1H3,(H,24,26). The minimum Gasteiger partial charge on any atom is -0.382 e. The maximum absolute atomic E-state index is 12.9. The van der Waals surface area contributed by atoms with Gasteiger partial charge in [-0.25, -0.2) is 4.79 Å². The van der Waals surface area contributed by atoms with Crippen LogP contribution in [0.1, 0.15) is 30.0 Å². The lowest BCUT2D eigenvalue weighted by Crippen LogP contribution is -2.47. The van der Waals surface area contributed by atoms with E-state index in [1.54, 1.807) is 7.11 Å². The molecule has 5 heteroatoms. The van der Waals surface area contributed by atoms with Gasteiger partial charge in [0.1, 0.15) is 0 Å². The number of methoxy groups -OCH3 is 1. The van der Waals surface area contributed by atoms with Crippen molar-refractivity contribution in [2.24, 2.45) is 0 Å². The summed E-state index contributed by atoms with van der Waals surface area (Å²) < 4.78 is 10.8. The molecule has 1 heterocycles. The molecule has 1 aliphatic rings. The Kier molecular flexibility index (Phi) is 7.88. The highest BCUT2D eigenvalue weighted by atomic mass is 16.5. The van der Waals surface area contributed by atoms with Gasteiger partial charge in [-0.05, 0) is 30.4 Å². The summed E-state index contributed by atoms with van der Waals surface area (Å²) in [5.41, 5.74) is 2.33. The molecule has 3 rings (SSSR count). The Labute approximate surface area is 167 Å². The number of hydrogen-bond acceptors (Lipinski definition) is 3. The molecule has 1 unspecified atom stereocenters. The van der Waals surface area contributed by atoms with E-state index in [4.69, 9.17) is 9.47 Å². The molecule has 0 aromatic heterocycles. The zero-order chi connectivity index (χ0) is 19.6. The molecule has 0 spiro atoms. The number of carbonyl (C=O) groups is 1. The van der Waals surface area contributed by atoms with E-state index < -0.39 is 0 Å². The van der Waals surface area contributed by atoms with Crippen molar-refractivity contribution in [1.82, 2.24) is 10.2 Å². The number of ether oxygens (including phenoxy) is 2. The summed E-state index contributed by atoms with van der Waals surface area (Å²) in [6.07, 6.45) is 2.72. The average Bonchev–Trinajstić information content (AvgIpc) is 2.75. The topological polar surface area (TPSA) is 50.8 Å². The number of benzene rings is 2. The Morgan fingerprint density at radius 2 is 1.68 bits per heavy atom. The van der Waals surface area contributed by atoms with Gasteiger partial charge < -0.3 is 19.7 Å². The molecule has 1 N–H and O–H groups in total. The average molecular weight is 383 g/mol. The van der Waals surface area contributed by atoms with E-state index in [9.17, 15) is 4.79 Å². The van der Waals surface area contributed by atoms with Gasteiger partial charge in [-0.3, -0.25) is 0 Å². The van der Waals surface area contributed by atoms with E-state index in [2.05, 4.69) is 29.6 Å². The molecule has 0 bridgehead atoms. The van der Waals surface area contributed by atoms with Gasteiger partial charge >= 0.3 is 6.03 Å². The van der Waals surface area contributed by atoms with E-state index in [0.29, 0.717) is 13.2 Å². The van der Waals surface area contributed by atoms with E-state index in [1.807, 2.05) is 41.3 Å². The number of nitrogens with zero attached hydrogens (tertiary/aromatic N) is 1. The third-order valence-electron chi connectivity index (χ3n) is 5.15. The maximum atomic E-state index is 12.9. The Morgan fingerprint density at radius 3 is 2.32 bits per heavy atom. The fraction of sp³-hybridized carbons (Fsp3) is 0.435. The normalized spacial score (nSPS) is 16.0. The summed E-state index contributed by atoms with van der Waals surface area (Å²) in [4.78, 5) is 14.8. The second-order valence-corrected chi connectivity index (χ2v) is 7.15. The van der Waals surface area contributed by atoms with Crippen molar-refractivity contribution in [1.29, 1.82) is 0 Å². The summed E-state index contributed by atoms with van der Waals surface area (Å²) in [5.74, 6) is 0. The van der Waals surface area contributed by atoms with Crippen molar-refractivity contribution in [3.8, 4) is 0 Å². The maximum Gasteiger partial charge on any atom is 0.317 e. The molecule has 1 fully saturated rings. The van der Waals surface area contributed by atoms with Crippen molar-refractivity contribution in [3.63, 3.8) is 0 Å². The molecule has 0 saturated carbocycles. The van der Waals surface area contributed by atoms with Gasteiger partial charge in [-0.1, -0.05) is 60.7 Å². The lowest BCUT2D eigenvalue weighted by molar-refractivity contribution is -0.00931. The van der Waals surface area contributed by atoms with Gasteiger partial charge in [0, 0.05) is 20.2 Å². The number of likely N-dealkylation sites (tertiary alicyclic amines) is 1. The summed E-state index contributed by atoms with van der Waals surface area (Å²) in [6, 6.07) is 20.4. The highest BCUT2D eigenvalue weighted by Gasteiger charge is 2.25. The lowest BCUT2D eigenvalue weighted by Gasteiger charge is -2.33. The molecule has 2 aromatic rings. The summed E-state index contributed by atoms with van der Waals surface area (Å²) in [7, 11) is 1.68. The van der Waals surface area contributed by atoms with Crippen molar-refractivity contribution < 1.29 is 14.3 Å². The van der Waals surface area contributed by atoms with Crippen LogP contribution in [0.5, 0.6) is 0 Å². The first-order valence-electron chi connectivity index (χ1n) is 10.0. The first kappa shape index (κ1) is 20.4. The van der Waals surface area contributed by atoms with Gasteiger partial charge in [0.25, 0.3) is 0 Å². The predicted octanol–water partition coefficient (Wildman–Crippen LogP) is 3.81. The number of urea groups is 1. The van der Waals surface area contributed by atoms with Gasteiger partial charge in [0.05, 0.1) is 25.4 Å². The predicted molar refractivity (Wildman–Crippen MR) is 110 cm³/mol. The van der Waals surface area contributed by atoms with Crippen LogP contribution in [0.4, 0.5) is 4.79 Å². The van der Waals surface area contributed by atoms with Crippen LogP contribution in [0.3, 0.4) is 0 Å². The molecule has 2 amide bonds. The summed E-state index contributed by atoms with van der Waals surface area (Å²) >= 11 is 0. The number of amides is 2. The minimum atomic E-state index is -0.0493. The first-order valence-corrected chi connectivity index (χ1v) is 10.0. The van der Waals surface area contributed by atoms with Crippen molar-refractivity contribution >= 4 is 6.03 Å². The Balaban J connectivity index is 1.57. The van der Waals surface area contributed by atoms with Crippen LogP contribution in [0.2, 0.25) is 0 Å². The molecule has 1 atom stereocenters. The third kappa shape index (κ3) is 6.08. The SMILES string of the molecule is COCCOC1CCN(C(=O)NC(Cc2ccccc2)c2ccccc2)CC1. The van der Waals surface area contributed by atoms with E-state index >= 15 is 0 Å².